The fourth-order valence-electron chi connectivity index (χ4n) is 3.51. The second kappa shape index (κ2) is 8.72. The zero-order valence-electron chi connectivity index (χ0n) is 16.3. The lowest BCUT2D eigenvalue weighted by atomic mass is 9.85. The molecule has 3 N–H and O–H groups in total. The largest absolute Gasteiger partial charge is 0.366 e. The molecule has 0 aliphatic heterocycles. The van der Waals surface area contributed by atoms with E-state index in [1.165, 1.54) is 12.3 Å². The van der Waals surface area contributed by atoms with Crippen LogP contribution in [0.3, 0.4) is 0 Å². The molecule has 152 valence electrons. The van der Waals surface area contributed by atoms with Crippen molar-refractivity contribution in [2.24, 2.45) is 5.92 Å². The molecular weight excluding hydrogens is 366 g/mol. The normalized spacial score (nSPS) is 20.0. The number of fused-ring (bicyclic) bond motifs is 1. The molecule has 0 bridgehead atoms. The summed E-state index contributed by atoms with van der Waals surface area (Å²) in [6, 6.07) is 1.59. The van der Waals surface area contributed by atoms with Crippen LogP contribution in [0.25, 0.3) is 10.9 Å². The maximum absolute atomic E-state index is 13.1. The van der Waals surface area contributed by atoms with Crippen LogP contribution in [0.2, 0.25) is 0 Å². The second-order valence-electron chi connectivity index (χ2n) is 7.47. The summed E-state index contributed by atoms with van der Waals surface area (Å²) in [6.45, 7) is 3.77. The summed E-state index contributed by atoms with van der Waals surface area (Å²) in [4.78, 5) is 25.1. The highest BCUT2D eigenvalue weighted by atomic mass is 19.3. The monoisotopic (exact) mass is 392 g/mol. The van der Waals surface area contributed by atoms with Gasteiger partial charge in [0.2, 0.25) is 11.9 Å². The number of halogens is 2. The Kier molecular flexibility index (Phi) is 6.33. The fraction of sp³-hybridized carbons (Fsp3) is 0.579. The van der Waals surface area contributed by atoms with Gasteiger partial charge in [0, 0.05) is 29.6 Å². The number of anilines is 2. The molecule has 0 saturated heterocycles. The number of carbonyl (C=O) groups is 1. The first kappa shape index (κ1) is 20.3. The Labute approximate surface area is 162 Å². The lowest BCUT2D eigenvalue weighted by molar-refractivity contribution is -0.121. The van der Waals surface area contributed by atoms with Gasteiger partial charge >= 0.3 is 0 Å². The van der Waals surface area contributed by atoms with Gasteiger partial charge in [0.1, 0.15) is 11.2 Å². The topological polar surface area (TPSA) is 91.8 Å². The molecule has 0 radical (unpaired) electrons. The van der Waals surface area contributed by atoms with Crippen LogP contribution in [0, 0.1) is 5.92 Å². The molecule has 1 saturated carbocycles. The summed E-state index contributed by atoms with van der Waals surface area (Å²) >= 11 is 0. The highest BCUT2D eigenvalue weighted by Crippen LogP contribution is 2.28. The van der Waals surface area contributed by atoms with Crippen LogP contribution in [0.4, 0.5) is 20.5 Å². The minimum Gasteiger partial charge on any atom is -0.366 e. The van der Waals surface area contributed by atoms with E-state index in [1.807, 2.05) is 20.9 Å². The molecule has 2 aromatic heterocycles. The van der Waals surface area contributed by atoms with Gasteiger partial charge < -0.3 is 10.6 Å². The van der Waals surface area contributed by atoms with Crippen molar-refractivity contribution in [3.63, 3.8) is 0 Å². The van der Waals surface area contributed by atoms with E-state index in [0.29, 0.717) is 16.9 Å². The van der Waals surface area contributed by atoms with Crippen molar-refractivity contribution in [3.8, 4) is 0 Å². The Morgan fingerprint density at radius 1 is 1.25 bits per heavy atom. The summed E-state index contributed by atoms with van der Waals surface area (Å²) in [5.41, 5.74) is 0.0662. The minimum atomic E-state index is -2.69. The molecule has 1 aliphatic rings. The first-order chi connectivity index (χ1) is 13.4. The Hall–Kier alpha value is -2.42. The molecule has 0 spiro atoms. The molecule has 0 aromatic carbocycles. The van der Waals surface area contributed by atoms with Gasteiger partial charge in [-0.15, -0.1) is 0 Å². The van der Waals surface area contributed by atoms with Crippen molar-refractivity contribution in [2.75, 3.05) is 17.7 Å². The van der Waals surface area contributed by atoms with E-state index in [9.17, 15) is 13.6 Å². The first-order valence-electron chi connectivity index (χ1n) is 9.58. The van der Waals surface area contributed by atoms with Gasteiger partial charge in [-0.1, -0.05) is 6.42 Å². The number of nitrogens with zero attached hydrogens (tertiary/aromatic N) is 3. The summed E-state index contributed by atoms with van der Waals surface area (Å²) in [5, 5.41) is 9.49. The van der Waals surface area contributed by atoms with Crippen LogP contribution in [0.5, 0.6) is 0 Å². The van der Waals surface area contributed by atoms with Crippen LogP contribution in [0.15, 0.2) is 12.3 Å². The Morgan fingerprint density at radius 3 is 2.71 bits per heavy atom. The van der Waals surface area contributed by atoms with Gasteiger partial charge in [0.15, 0.2) is 5.82 Å². The smallest absolute Gasteiger partial charge is 0.280 e. The second-order valence-corrected chi connectivity index (χ2v) is 7.47. The maximum atomic E-state index is 13.1. The maximum Gasteiger partial charge on any atom is 0.280 e. The number of hydrogen-bond acceptors (Lipinski definition) is 6. The molecule has 1 aliphatic carbocycles. The quantitative estimate of drug-likeness (QED) is 0.697. The van der Waals surface area contributed by atoms with E-state index in [2.05, 4.69) is 30.9 Å². The first-order valence-corrected chi connectivity index (χ1v) is 9.58. The third-order valence-electron chi connectivity index (χ3n) is 4.92. The number of hydrogen-bond donors (Lipinski definition) is 3. The number of carbonyl (C=O) groups excluding carboxylic acids is 1. The summed E-state index contributed by atoms with van der Waals surface area (Å²) < 4.78 is 26.3. The zero-order chi connectivity index (χ0) is 20.3. The van der Waals surface area contributed by atoms with Crippen molar-refractivity contribution in [2.45, 2.75) is 58.0 Å². The van der Waals surface area contributed by atoms with Gasteiger partial charge in [0.25, 0.3) is 6.43 Å². The van der Waals surface area contributed by atoms with E-state index in [4.69, 9.17) is 0 Å². The van der Waals surface area contributed by atoms with Crippen LogP contribution >= 0.6 is 0 Å². The average molecular weight is 392 g/mol. The number of aromatic nitrogens is 3. The summed E-state index contributed by atoms with van der Waals surface area (Å²) in [5.74, 6) is 0.198. The molecule has 7 nitrogen and oxygen atoms in total. The standard InChI is InChI=1S/C19H26F2N6O/c1-10(2)24-17-15-12(8-14(25-17)16(20)21)9-23-19(26-15)27-18(28)11-5-4-6-13(7-11)22-3/h8-11,13,16,22H,4-7H2,1-3H3,(H,24,25)(H,23,26,27,28)/t11-,13+/m0/s1. The number of alkyl halides is 2. The third kappa shape index (κ3) is 4.70. The van der Waals surface area contributed by atoms with E-state index in [0.717, 1.165) is 25.7 Å². The molecular formula is C19H26F2N6O. The van der Waals surface area contributed by atoms with Gasteiger partial charge in [-0.05, 0) is 46.2 Å². The Bertz CT molecular complexity index is 845. The van der Waals surface area contributed by atoms with Crippen LogP contribution in [-0.2, 0) is 4.79 Å². The molecule has 3 rings (SSSR count). The van der Waals surface area contributed by atoms with Crippen molar-refractivity contribution in [3.05, 3.63) is 18.0 Å². The van der Waals surface area contributed by atoms with Crippen LogP contribution in [-0.4, -0.2) is 40.0 Å². The lowest BCUT2D eigenvalue weighted by Crippen LogP contribution is -2.36. The number of nitrogens with one attached hydrogen (secondary N) is 3. The number of rotatable bonds is 6. The molecule has 9 heteroatoms. The summed E-state index contributed by atoms with van der Waals surface area (Å²) in [6.07, 6.45) is 2.41. The van der Waals surface area contributed by atoms with E-state index >= 15 is 0 Å². The molecule has 1 fully saturated rings. The van der Waals surface area contributed by atoms with Crippen LogP contribution < -0.4 is 16.0 Å². The fourth-order valence-corrected chi connectivity index (χ4v) is 3.51. The highest BCUT2D eigenvalue weighted by molar-refractivity contribution is 5.93. The molecule has 1 amide bonds. The predicted octanol–water partition coefficient (Wildman–Crippen LogP) is 3.50. The highest BCUT2D eigenvalue weighted by Gasteiger charge is 2.27. The van der Waals surface area contributed by atoms with E-state index < -0.39 is 6.43 Å². The molecule has 2 aromatic rings. The number of pyridine rings is 1. The Morgan fingerprint density at radius 2 is 2.04 bits per heavy atom. The summed E-state index contributed by atoms with van der Waals surface area (Å²) in [7, 11) is 1.90. The average Bonchev–Trinajstić information content (AvgIpc) is 2.67. The molecule has 28 heavy (non-hydrogen) atoms. The third-order valence-corrected chi connectivity index (χ3v) is 4.92. The van der Waals surface area contributed by atoms with Crippen LogP contribution in [0.1, 0.15) is 51.7 Å². The van der Waals surface area contributed by atoms with Crippen molar-refractivity contribution in [1.82, 2.24) is 20.3 Å². The molecule has 2 heterocycles. The van der Waals surface area contributed by atoms with Crippen molar-refractivity contribution in [1.29, 1.82) is 0 Å². The molecule has 2 atom stereocenters. The Balaban J connectivity index is 1.86. The van der Waals surface area contributed by atoms with E-state index in [1.54, 1.807) is 0 Å². The van der Waals surface area contributed by atoms with Gasteiger partial charge in [-0.3, -0.25) is 10.1 Å². The predicted molar refractivity (Wildman–Crippen MR) is 104 cm³/mol. The number of amides is 1. The van der Waals surface area contributed by atoms with Gasteiger partial charge in [0.05, 0.1) is 0 Å². The van der Waals surface area contributed by atoms with Crippen molar-refractivity contribution >= 4 is 28.6 Å². The van der Waals surface area contributed by atoms with Crippen molar-refractivity contribution < 1.29 is 13.6 Å². The van der Waals surface area contributed by atoms with E-state index in [-0.39, 0.29) is 35.3 Å². The molecule has 0 unspecified atom stereocenters. The zero-order valence-corrected chi connectivity index (χ0v) is 16.3. The minimum absolute atomic E-state index is 0.0163. The van der Waals surface area contributed by atoms with Gasteiger partial charge in [-0.25, -0.2) is 23.7 Å². The van der Waals surface area contributed by atoms with Gasteiger partial charge in [-0.2, -0.15) is 0 Å². The lowest BCUT2D eigenvalue weighted by Gasteiger charge is -2.27. The SMILES string of the molecule is CN[C@@H]1CCC[C@H](C(=O)Nc2ncc3cc(C(F)F)nc(NC(C)C)c3n2)C1.